The normalized spacial score (nSPS) is 17.8. The third-order valence-electron chi connectivity index (χ3n) is 4.77. The fourth-order valence-corrected chi connectivity index (χ4v) is 3.37. The molecule has 1 N–H and O–H groups in total. The van der Waals surface area contributed by atoms with E-state index in [1.165, 1.54) is 0 Å². The first-order valence-electron chi connectivity index (χ1n) is 8.70. The van der Waals surface area contributed by atoms with Crippen molar-refractivity contribution >= 4 is 23.2 Å². The van der Waals surface area contributed by atoms with Crippen molar-refractivity contribution in [2.24, 2.45) is 0 Å². The molecule has 1 atom stereocenters. The van der Waals surface area contributed by atoms with Crippen molar-refractivity contribution in [3.8, 4) is 11.3 Å². The van der Waals surface area contributed by atoms with E-state index in [1.54, 1.807) is 6.07 Å². The highest BCUT2D eigenvalue weighted by Crippen LogP contribution is 2.29. The SMILES string of the molecule is CC(CNCc1ccc(-c2ccc(Cl)c(Cl)c2)o1)N1CCN(C)CC1. The molecule has 1 fully saturated rings. The molecule has 1 saturated heterocycles. The summed E-state index contributed by atoms with van der Waals surface area (Å²) in [6, 6.07) is 10.0. The van der Waals surface area contributed by atoms with Gasteiger partial charge in [0.05, 0.1) is 16.6 Å². The Hall–Kier alpha value is -1.04. The summed E-state index contributed by atoms with van der Waals surface area (Å²) in [4.78, 5) is 4.92. The number of furan rings is 1. The van der Waals surface area contributed by atoms with Crippen LogP contribution in [0.25, 0.3) is 11.3 Å². The monoisotopic (exact) mass is 381 g/mol. The van der Waals surface area contributed by atoms with Crippen molar-refractivity contribution < 1.29 is 4.42 Å². The van der Waals surface area contributed by atoms with Gasteiger partial charge in [-0.3, -0.25) is 4.90 Å². The zero-order valence-corrected chi connectivity index (χ0v) is 16.3. The highest BCUT2D eigenvalue weighted by atomic mass is 35.5. The molecular weight excluding hydrogens is 357 g/mol. The molecule has 136 valence electrons. The molecule has 1 aromatic carbocycles. The lowest BCUT2D eigenvalue weighted by atomic mass is 10.2. The summed E-state index contributed by atoms with van der Waals surface area (Å²) in [6.45, 7) is 8.53. The lowest BCUT2D eigenvalue weighted by molar-refractivity contribution is 0.117. The summed E-state index contributed by atoms with van der Waals surface area (Å²) in [5.41, 5.74) is 0.937. The number of rotatable bonds is 6. The minimum atomic E-state index is 0.526. The van der Waals surface area contributed by atoms with Gasteiger partial charge >= 0.3 is 0 Å². The Bertz CT molecular complexity index is 696. The maximum absolute atomic E-state index is 6.08. The summed E-state index contributed by atoms with van der Waals surface area (Å²) < 4.78 is 5.92. The van der Waals surface area contributed by atoms with Gasteiger partial charge in [0.25, 0.3) is 0 Å². The minimum absolute atomic E-state index is 0.526. The van der Waals surface area contributed by atoms with Gasteiger partial charge in [0.15, 0.2) is 0 Å². The second-order valence-corrected chi connectivity index (χ2v) is 7.53. The average Bonchev–Trinajstić information content (AvgIpc) is 3.07. The Kier molecular flexibility index (Phi) is 6.42. The minimum Gasteiger partial charge on any atom is -0.460 e. The first-order chi connectivity index (χ1) is 12.0. The van der Waals surface area contributed by atoms with Gasteiger partial charge in [-0.1, -0.05) is 23.2 Å². The molecule has 0 amide bonds. The number of nitrogens with zero attached hydrogens (tertiary/aromatic N) is 2. The maximum atomic E-state index is 6.08. The van der Waals surface area contributed by atoms with E-state index in [2.05, 4.69) is 29.1 Å². The van der Waals surface area contributed by atoms with E-state index < -0.39 is 0 Å². The zero-order valence-electron chi connectivity index (χ0n) is 14.8. The number of halogens is 2. The van der Waals surface area contributed by atoms with E-state index in [-0.39, 0.29) is 0 Å². The Morgan fingerprint density at radius 1 is 1.08 bits per heavy atom. The second-order valence-electron chi connectivity index (χ2n) is 6.71. The van der Waals surface area contributed by atoms with Crippen molar-refractivity contribution in [2.75, 3.05) is 39.8 Å². The van der Waals surface area contributed by atoms with Crippen LogP contribution in [0.3, 0.4) is 0 Å². The fourth-order valence-electron chi connectivity index (χ4n) is 3.07. The molecule has 1 unspecified atom stereocenters. The molecule has 0 bridgehead atoms. The largest absolute Gasteiger partial charge is 0.460 e. The quantitative estimate of drug-likeness (QED) is 0.819. The van der Waals surface area contributed by atoms with Crippen LogP contribution in [0.2, 0.25) is 10.0 Å². The van der Waals surface area contributed by atoms with Crippen LogP contribution in [-0.2, 0) is 6.54 Å². The topological polar surface area (TPSA) is 31.7 Å². The molecule has 0 saturated carbocycles. The van der Waals surface area contributed by atoms with E-state index in [0.717, 1.165) is 56.4 Å². The van der Waals surface area contributed by atoms with Gasteiger partial charge in [0, 0.05) is 44.3 Å². The summed E-state index contributed by atoms with van der Waals surface area (Å²) >= 11 is 12.0. The molecule has 25 heavy (non-hydrogen) atoms. The lowest BCUT2D eigenvalue weighted by Gasteiger charge is -2.36. The molecule has 0 aliphatic carbocycles. The number of nitrogens with one attached hydrogen (secondary N) is 1. The molecule has 1 aromatic heterocycles. The van der Waals surface area contributed by atoms with Crippen LogP contribution in [0.4, 0.5) is 0 Å². The van der Waals surface area contributed by atoms with Crippen LogP contribution < -0.4 is 5.32 Å². The molecular formula is C19H25Cl2N3O. The van der Waals surface area contributed by atoms with E-state index in [0.29, 0.717) is 16.1 Å². The fraction of sp³-hybridized carbons (Fsp3) is 0.474. The summed E-state index contributed by atoms with van der Waals surface area (Å²) in [5.74, 6) is 1.73. The highest BCUT2D eigenvalue weighted by Gasteiger charge is 2.18. The third-order valence-corrected chi connectivity index (χ3v) is 5.50. The number of hydrogen-bond donors (Lipinski definition) is 1. The Morgan fingerprint density at radius 3 is 2.56 bits per heavy atom. The van der Waals surface area contributed by atoms with E-state index >= 15 is 0 Å². The molecule has 1 aliphatic rings. The van der Waals surface area contributed by atoms with Crippen molar-refractivity contribution in [3.05, 3.63) is 46.1 Å². The van der Waals surface area contributed by atoms with Crippen molar-refractivity contribution in [1.82, 2.24) is 15.1 Å². The van der Waals surface area contributed by atoms with Gasteiger partial charge < -0.3 is 14.6 Å². The number of piperazine rings is 1. The van der Waals surface area contributed by atoms with Crippen LogP contribution >= 0.6 is 23.2 Å². The molecule has 2 heterocycles. The summed E-state index contributed by atoms with van der Waals surface area (Å²) in [5, 5.41) is 4.59. The molecule has 2 aromatic rings. The molecule has 1 aliphatic heterocycles. The maximum Gasteiger partial charge on any atom is 0.134 e. The van der Waals surface area contributed by atoms with Crippen molar-refractivity contribution in [1.29, 1.82) is 0 Å². The second kappa shape index (κ2) is 8.56. The van der Waals surface area contributed by atoms with Crippen LogP contribution in [0.5, 0.6) is 0 Å². The van der Waals surface area contributed by atoms with Crippen molar-refractivity contribution in [2.45, 2.75) is 19.5 Å². The van der Waals surface area contributed by atoms with Crippen LogP contribution in [0.15, 0.2) is 34.7 Å². The van der Waals surface area contributed by atoms with E-state index in [9.17, 15) is 0 Å². The van der Waals surface area contributed by atoms with Gasteiger partial charge in [-0.05, 0) is 44.3 Å². The summed E-state index contributed by atoms with van der Waals surface area (Å²) in [6.07, 6.45) is 0. The van der Waals surface area contributed by atoms with E-state index in [4.69, 9.17) is 27.6 Å². The Balaban J connectivity index is 1.49. The average molecular weight is 382 g/mol. The van der Waals surface area contributed by atoms with Crippen LogP contribution in [-0.4, -0.2) is 55.6 Å². The first kappa shape index (κ1) is 18.7. The first-order valence-corrected chi connectivity index (χ1v) is 9.46. The number of likely N-dealkylation sites (N-methyl/N-ethyl adjacent to an activating group) is 1. The molecule has 3 rings (SSSR count). The predicted molar refractivity (Wildman–Crippen MR) is 104 cm³/mol. The highest BCUT2D eigenvalue weighted by molar-refractivity contribution is 6.42. The van der Waals surface area contributed by atoms with E-state index in [1.807, 2.05) is 24.3 Å². The van der Waals surface area contributed by atoms with Gasteiger partial charge in [-0.15, -0.1) is 0 Å². The zero-order chi connectivity index (χ0) is 17.8. The third kappa shape index (κ3) is 4.99. The molecule has 4 nitrogen and oxygen atoms in total. The van der Waals surface area contributed by atoms with Gasteiger partial charge in [0.2, 0.25) is 0 Å². The molecule has 6 heteroatoms. The Labute approximate surface area is 159 Å². The number of benzene rings is 1. The smallest absolute Gasteiger partial charge is 0.134 e. The summed E-state index contributed by atoms with van der Waals surface area (Å²) in [7, 11) is 2.18. The van der Waals surface area contributed by atoms with Crippen LogP contribution in [0.1, 0.15) is 12.7 Å². The van der Waals surface area contributed by atoms with Crippen molar-refractivity contribution in [3.63, 3.8) is 0 Å². The van der Waals surface area contributed by atoms with Gasteiger partial charge in [0.1, 0.15) is 11.5 Å². The van der Waals surface area contributed by atoms with Crippen LogP contribution in [0, 0.1) is 0 Å². The standard InChI is InChI=1S/C19H25Cl2N3O/c1-14(24-9-7-23(2)8-10-24)12-22-13-16-4-6-19(25-16)15-3-5-17(20)18(21)11-15/h3-6,11,14,22H,7-10,12-13H2,1-2H3. The lowest BCUT2D eigenvalue weighted by Crippen LogP contribution is -2.50. The molecule has 0 radical (unpaired) electrons. The van der Waals surface area contributed by atoms with Gasteiger partial charge in [-0.25, -0.2) is 0 Å². The number of hydrogen-bond acceptors (Lipinski definition) is 4. The predicted octanol–water partition coefficient (Wildman–Crippen LogP) is 3.98. The van der Waals surface area contributed by atoms with Gasteiger partial charge in [-0.2, -0.15) is 0 Å². The Morgan fingerprint density at radius 2 is 1.84 bits per heavy atom. The molecule has 0 spiro atoms.